The van der Waals surface area contributed by atoms with Crippen LogP contribution in [0.4, 0.5) is 0 Å². The third-order valence-electron chi connectivity index (χ3n) is 5.15. The van der Waals surface area contributed by atoms with Crippen LogP contribution in [-0.4, -0.2) is 23.0 Å². The number of carbonyl (C=O) groups is 2. The quantitative estimate of drug-likeness (QED) is 0.170. The molecule has 5 heteroatoms. The maximum atomic E-state index is 13.1. The number of ketones is 1. The van der Waals surface area contributed by atoms with Crippen molar-refractivity contribution in [3.63, 3.8) is 0 Å². The Kier molecular flexibility index (Phi) is 8.74. The van der Waals surface area contributed by atoms with Crippen molar-refractivity contribution in [2.24, 2.45) is 5.41 Å². The zero-order valence-corrected chi connectivity index (χ0v) is 24.7. The Bertz CT molecular complexity index is 1140. The second-order valence-corrected chi connectivity index (χ2v) is 13.4. The van der Waals surface area contributed by atoms with Gasteiger partial charge >= 0.3 is 5.97 Å². The number of ether oxygens (including phenoxy) is 3. The first-order valence-electron chi connectivity index (χ1n) is 12.8. The molecule has 0 spiro atoms. The molecule has 0 radical (unpaired) electrons. The van der Waals surface area contributed by atoms with E-state index in [4.69, 9.17) is 14.2 Å². The minimum absolute atomic E-state index is 0.182. The monoisotopic (exact) mass is 508 g/mol. The maximum Gasteiger partial charge on any atom is 0.316 e. The van der Waals surface area contributed by atoms with E-state index in [1.807, 2.05) is 53.7 Å². The zero-order chi connectivity index (χ0) is 28.4. The Morgan fingerprint density at radius 1 is 0.703 bits per heavy atom. The minimum atomic E-state index is -0.613. The molecular weight excluding hydrogens is 464 g/mol. The van der Waals surface area contributed by atoms with Gasteiger partial charge in [-0.15, -0.1) is 0 Å². The Hall–Kier alpha value is -3.08. The third kappa shape index (κ3) is 9.07. The number of hydrogen-bond acceptors (Lipinski definition) is 5. The normalized spacial score (nSPS) is 13.0. The summed E-state index contributed by atoms with van der Waals surface area (Å²) in [7, 11) is 0. The number of allylic oxidation sites excluding steroid dienone is 1. The molecule has 2 aromatic carbocycles. The Labute approximate surface area is 223 Å². The molecule has 0 amide bonds. The fraction of sp³-hybridized carbons (Fsp3) is 0.500. The van der Waals surface area contributed by atoms with E-state index >= 15 is 0 Å². The van der Waals surface area contributed by atoms with Crippen LogP contribution in [-0.2, 0) is 10.2 Å². The van der Waals surface area contributed by atoms with Crippen LogP contribution in [0.1, 0.15) is 105 Å². The highest BCUT2D eigenvalue weighted by Crippen LogP contribution is 2.42. The van der Waals surface area contributed by atoms with Crippen LogP contribution in [0.3, 0.4) is 0 Å². The van der Waals surface area contributed by atoms with Crippen LogP contribution in [0, 0.1) is 5.41 Å². The molecule has 0 heterocycles. The molecule has 0 saturated carbocycles. The van der Waals surface area contributed by atoms with Gasteiger partial charge < -0.3 is 14.2 Å². The molecule has 2 rings (SSSR count). The van der Waals surface area contributed by atoms with E-state index in [2.05, 4.69) is 20.8 Å². The van der Waals surface area contributed by atoms with Crippen molar-refractivity contribution in [3.05, 3.63) is 59.2 Å². The van der Waals surface area contributed by atoms with Gasteiger partial charge in [0.05, 0.1) is 11.0 Å². The summed E-state index contributed by atoms with van der Waals surface area (Å²) in [6, 6.07) is 10.6. The molecular formula is C32H44O5. The lowest BCUT2D eigenvalue weighted by Crippen LogP contribution is -2.27. The first-order chi connectivity index (χ1) is 16.7. The predicted octanol–water partition coefficient (Wildman–Crippen LogP) is 8.19. The van der Waals surface area contributed by atoms with Gasteiger partial charge in [-0.25, -0.2) is 0 Å². The molecule has 0 unspecified atom stereocenters. The van der Waals surface area contributed by atoms with Gasteiger partial charge in [0.25, 0.3) is 0 Å². The van der Waals surface area contributed by atoms with E-state index in [9.17, 15) is 9.59 Å². The smallest absolute Gasteiger partial charge is 0.316 e. The summed E-state index contributed by atoms with van der Waals surface area (Å²) in [6.07, 6.45) is 3.30. The Balaban J connectivity index is 2.50. The first-order valence-corrected chi connectivity index (χ1v) is 12.8. The van der Waals surface area contributed by atoms with E-state index < -0.39 is 16.6 Å². The molecule has 0 atom stereocenters. The molecule has 0 N–H and O–H groups in total. The van der Waals surface area contributed by atoms with Crippen LogP contribution in [0.15, 0.2) is 42.5 Å². The van der Waals surface area contributed by atoms with E-state index in [1.54, 1.807) is 51.1 Å². The largest absolute Gasteiger partial charge is 0.487 e. The highest BCUT2D eigenvalue weighted by Gasteiger charge is 2.28. The molecule has 0 aromatic heterocycles. The molecule has 5 nitrogen and oxygen atoms in total. The molecule has 0 saturated heterocycles. The highest BCUT2D eigenvalue weighted by atomic mass is 16.5. The van der Waals surface area contributed by atoms with Gasteiger partial charge in [-0.3, -0.25) is 9.59 Å². The summed E-state index contributed by atoms with van der Waals surface area (Å²) in [5, 5.41) is 0. The molecule has 2 aromatic rings. The van der Waals surface area contributed by atoms with Crippen molar-refractivity contribution in [2.45, 2.75) is 99.7 Å². The van der Waals surface area contributed by atoms with E-state index in [0.717, 1.165) is 11.1 Å². The van der Waals surface area contributed by atoms with Crippen LogP contribution in [0.25, 0.3) is 6.08 Å². The topological polar surface area (TPSA) is 61.8 Å². The summed E-state index contributed by atoms with van der Waals surface area (Å²) < 4.78 is 18.2. The molecule has 0 aliphatic carbocycles. The predicted molar refractivity (Wildman–Crippen MR) is 151 cm³/mol. The van der Waals surface area contributed by atoms with Gasteiger partial charge in [0.1, 0.15) is 28.5 Å². The van der Waals surface area contributed by atoms with Gasteiger partial charge in [-0.2, -0.15) is 0 Å². The van der Waals surface area contributed by atoms with Crippen molar-refractivity contribution in [3.8, 4) is 17.2 Å². The first kappa shape index (κ1) is 30.1. The van der Waals surface area contributed by atoms with Crippen LogP contribution >= 0.6 is 0 Å². The lowest BCUT2D eigenvalue weighted by molar-refractivity contribution is -0.143. The number of hydrogen-bond donors (Lipinski definition) is 0. The third-order valence-corrected chi connectivity index (χ3v) is 5.15. The molecule has 0 aliphatic heterocycles. The molecule has 0 bridgehead atoms. The molecule has 202 valence electrons. The van der Waals surface area contributed by atoms with Crippen LogP contribution < -0.4 is 14.2 Å². The average molecular weight is 509 g/mol. The Morgan fingerprint density at radius 3 is 1.70 bits per heavy atom. The minimum Gasteiger partial charge on any atom is -0.487 e. The van der Waals surface area contributed by atoms with Crippen molar-refractivity contribution in [1.29, 1.82) is 0 Å². The fourth-order valence-corrected chi connectivity index (χ4v) is 3.37. The highest BCUT2D eigenvalue weighted by molar-refractivity contribution is 6.07. The van der Waals surface area contributed by atoms with E-state index in [1.165, 1.54) is 6.08 Å². The molecule has 0 aliphatic rings. The van der Waals surface area contributed by atoms with E-state index in [0.29, 0.717) is 22.8 Å². The van der Waals surface area contributed by atoms with Gasteiger partial charge in [0, 0.05) is 11.1 Å². The second kappa shape index (κ2) is 10.7. The number of benzene rings is 2. The van der Waals surface area contributed by atoms with E-state index in [-0.39, 0.29) is 17.2 Å². The summed E-state index contributed by atoms with van der Waals surface area (Å²) in [4.78, 5) is 25.3. The van der Waals surface area contributed by atoms with Gasteiger partial charge in [-0.1, -0.05) is 26.8 Å². The SMILES string of the molecule is CC(C)(C)Oc1ccc(C(C)(C)C)c(OC(C)(C)C)c1/C=C/C(=O)c1ccc(OC(=O)C(C)(C)C)cc1. The lowest BCUT2D eigenvalue weighted by Gasteiger charge is -2.31. The average Bonchev–Trinajstić information content (AvgIpc) is 2.69. The standard InChI is InChI=1S/C32H44O5/c1-29(2,3)24-18-20-26(36-31(7,8)9)23(27(24)37-32(10,11)12)17-19-25(33)21-13-15-22(16-14-21)35-28(34)30(4,5)6/h13-20H,1-12H3/b19-17+. The lowest BCUT2D eigenvalue weighted by atomic mass is 9.84. The summed E-state index contributed by atoms with van der Waals surface area (Å²) in [5.74, 6) is 1.24. The summed E-state index contributed by atoms with van der Waals surface area (Å²) in [6.45, 7) is 23.8. The van der Waals surface area contributed by atoms with Gasteiger partial charge in [-0.05, 0) is 110 Å². The van der Waals surface area contributed by atoms with Crippen molar-refractivity contribution in [2.75, 3.05) is 0 Å². The van der Waals surface area contributed by atoms with Crippen LogP contribution in [0.2, 0.25) is 0 Å². The zero-order valence-electron chi connectivity index (χ0n) is 24.7. The van der Waals surface area contributed by atoms with Gasteiger partial charge in [0.15, 0.2) is 5.78 Å². The number of rotatable bonds is 6. The summed E-state index contributed by atoms with van der Waals surface area (Å²) in [5.41, 5.74) is 0.548. The fourth-order valence-electron chi connectivity index (χ4n) is 3.37. The number of esters is 1. The van der Waals surface area contributed by atoms with Crippen LogP contribution in [0.5, 0.6) is 17.2 Å². The molecule has 0 fully saturated rings. The van der Waals surface area contributed by atoms with Gasteiger partial charge in [0.2, 0.25) is 0 Å². The van der Waals surface area contributed by atoms with Crippen molar-refractivity contribution < 1.29 is 23.8 Å². The molecule has 37 heavy (non-hydrogen) atoms. The Morgan fingerprint density at radius 2 is 1.24 bits per heavy atom. The second-order valence-electron chi connectivity index (χ2n) is 13.4. The van der Waals surface area contributed by atoms with Crippen molar-refractivity contribution >= 4 is 17.8 Å². The van der Waals surface area contributed by atoms with Crippen molar-refractivity contribution in [1.82, 2.24) is 0 Å². The number of carbonyl (C=O) groups excluding carboxylic acids is 2. The maximum absolute atomic E-state index is 13.1. The summed E-state index contributed by atoms with van der Waals surface area (Å²) >= 11 is 0.